The molecule has 3 aromatic carbocycles. The molecule has 2 aliphatic rings. The standard InChI is InChI=1S/C25H20Cl2N2O4/c1-2-32-18-11-9-16(10-12-18)28-24(30)21-22(19-13-8-15(26)14-20(19)27)29(33-23(21)25(28)31)17-6-4-3-5-7-17/h3-14,21-23H,2H2,1H3/t21-,22-,23-/m0/s1. The van der Waals surface area contributed by atoms with Gasteiger partial charge in [-0.2, -0.15) is 0 Å². The number of hydroxylamine groups is 1. The van der Waals surface area contributed by atoms with E-state index < -0.39 is 24.0 Å². The van der Waals surface area contributed by atoms with Crippen molar-refractivity contribution in [1.29, 1.82) is 0 Å². The van der Waals surface area contributed by atoms with Crippen molar-refractivity contribution in [2.24, 2.45) is 5.92 Å². The molecule has 0 spiro atoms. The summed E-state index contributed by atoms with van der Waals surface area (Å²) in [7, 11) is 0. The molecule has 0 N–H and O–H groups in total. The molecule has 0 unspecified atom stereocenters. The van der Waals surface area contributed by atoms with E-state index >= 15 is 0 Å². The van der Waals surface area contributed by atoms with Crippen LogP contribution < -0.4 is 14.7 Å². The number of hydrogen-bond acceptors (Lipinski definition) is 5. The van der Waals surface area contributed by atoms with Crippen LogP contribution in [0, 0.1) is 5.92 Å². The van der Waals surface area contributed by atoms with Gasteiger partial charge in [-0.25, -0.2) is 9.96 Å². The molecule has 0 aromatic heterocycles. The van der Waals surface area contributed by atoms with Gasteiger partial charge < -0.3 is 4.74 Å². The number of nitrogens with zero attached hydrogens (tertiary/aromatic N) is 2. The van der Waals surface area contributed by atoms with E-state index in [0.29, 0.717) is 33.7 Å². The number of amides is 2. The van der Waals surface area contributed by atoms with E-state index in [0.717, 1.165) is 5.69 Å². The molecule has 0 radical (unpaired) electrons. The average Bonchev–Trinajstić information content (AvgIpc) is 3.31. The van der Waals surface area contributed by atoms with E-state index in [-0.39, 0.29) is 5.91 Å². The molecule has 0 saturated carbocycles. The van der Waals surface area contributed by atoms with Crippen molar-refractivity contribution in [3.05, 3.63) is 88.4 Å². The molecular formula is C25H20Cl2N2O4. The summed E-state index contributed by atoms with van der Waals surface area (Å²) in [4.78, 5) is 34.3. The molecule has 8 heteroatoms. The van der Waals surface area contributed by atoms with Gasteiger partial charge in [0.2, 0.25) is 5.91 Å². The molecule has 2 saturated heterocycles. The Hall–Kier alpha value is -3.06. The highest BCUT2D eigenvalue weighted by Gasteiger charge is 2.60. The molecule has 5 rings (SSSR count). The van der Waals surface area contributed by atoms with Crippen LogP contribution in [-0.4, -0.2) is 24.5 Å². The van der Waals surface area contributed by atoms with E-state index in [9.17, 15) is 9.59 Å². The first-order valence-corrected chi connectivity index (χ1v) is 11.3. The average molecular weight is 483 g/mol. The van der Waals surface area contributed by atoms with Crippen molar-refractivity contribution >= 4 is 46.4 Å². The number of carbonyl (C=O) groups excluding carboxylic acids is 2. The minimum Gasteiger partial charge on any atom is -0.494 e. The van der Waals surface area contributed by atoms with E-state index in [4.69, 9.17) is 32.8 Å². The van der Waals surface area contributed by atoms with Gasteiger partial charge in [0.25, 0.3) is 5.91 Å². The lowest BCUT2D eigenvalue weighted by molar-refractivity contribution is -0.126. The maximum Gasteiger partial charge on any atom is 0.266 e. The summed E-state index contributed by atoms with van der Waals surface area (Å²) in [6.45, 7) is 2.41. The summed E-state index contributed by atoms with van der Waals surface area (Å²) in [5, 5.41) is 2.49. The van der Waals surface area contributed by atoms with Crippen LogP contribution in [0.4, 0.5) is 11.4 Å². The first-order valence-electron chi connectivity index (χ1n) is 10.6. The lowest BCUT2D eigenvalue weighted by Gasteiger charge is -2.29. The van der Waals surface area contributed by atoms with Crippen molar-refractivity contribution in [2.45, 2.75) is 19.1 Å². The topological polar surface area (TPSA) is 59.1 Å². The number of benzene rings is 3. The van der Waals surface area contributed by atoms with Gasteiger partial charge in [0.05, 0.1) is 24.0 Å². The van der Waals surface area contributed by atoms with E-state index in [1.54, 1.807) is 47.5 Å². The first-order chi connectivity index (χ1) is 16.0. The highest BCUT2D eigenvalue weighted by atomic mass is 35.5. The minimum absolute atomic E-state index is 0.344. The maximum atomic E-state index is 13.6. The predicted octanol–water partition coefficient (Wildman–Crippen LogP) is 5.44. The molecule has 2 heterocycles. The van der Waals surface area contributed by atoms with Crippen molar-refractivity contribution in [2.75, 3.05) is 16.6 Å². The Labute approximate surface area is 201 Å². The van der Waals surface area contributed by atoms with Crippen molar-refractivity contribution < 1.29 is 19.2 Å². The van der Waals surface area contributed by atoms with Gasteiger partial charge >= 0.3 is 0 Å². The Kier molecular flexibility index (Phi) is 5.74. The number of carbonyl (C=O) groups is 2. The largest absolute Gasteiger partial charge is 0.494 e. The molecule has 33 heavy (non-hydrogen) atoms. The molecule has 2 aliphatic heterocycles. The molecule has 0 bridgehead atoms. The Bertz CT molecular complexity index is 1200. The van der Waals surface area contributed by atoms with Crippen molar-refractivity contribution in [3.8, 4) is 5.75 Å². The fraction of sp³-hybridized carbons (Fsp3) is 0.200. The Balaban J connectivity index is 1.55. The van der Waals surface area contributed by atoms with Gasteiger partial charge in [-0.05, 0) is 61.0 Å². The van der Waals surface area contributed by atoms with Gasteiger partial charge in [-0.1, -0.05) is 47.5 Å². The smallest absolute Gasteiger partial charge is 0.266 e. The van der Waals surface area contributed by atoms with Crippen LogP contribution in [0.5, 0.6) is 5.75 Å². The van der Waals surface area contributed by atoms with Gasteiger partial charge in [0, 0.05) is 10.0 Å². The second kappa shape index (κ2) is 8.71. The molecule has 6 nitrogen and oxygen atoms in total. The van der Waals surface area contributed by atoms with Crippen LogP contribution >= 0.6 is 23.2 Å². The third kappa shape index (κ3) is 3.74. The van der Waals surface area contributed by atoms with E-state index in [1.807, 2.05) is 37.3 Å². The second-order valence-electron chi connectivity index (χ2n) is 7.76. The van der Waals surface area contributed by atoms with Gasteiger partial charge in [-0.15, -0.1) is 0 Å². The molecule has 168 valence electrons. The normalized spacial score (nSPS) is 22.1. The Morgan fingerprint density at radius 3 is 2.30 bits per heavy atom. The lowest BCUT2D eigenvalue weighted by Crippen LogP contribution is -2.37. The minimum atomic E-state index is -0.971. The Morgan fingerprint density at radius 2 is 1.64 bits per heavy atom. The molecular weight excluding hydrogens is 463 g/mol. The van der Waals surface area contributed by atoms with Gasteiger partial charge in [0.1, 0.15) is 11.7 Å². The third-order valence-corrected chi connectivity index (χ3v) is 6.38. The van der Waals surface area contributed by atoms with Crippen LogP contribution in [-0.2, 0) is 14.4 Å². The quantitative estimate of drug-likeness (QED) is 0.453. The molecule has 2 fully saturated rings. The number of halogens is 2. The van der Waals surface area contributed by atoms with Gasteiger partial charge in [0.15, 0.2) is 6.10 Å². The fourth-order valence-corrected chi connectivity index (χ4v) is 4.90. The highest BCUT2D eigenvalue weighted by molar-refractivity contribution is 6.35. The van der Waals surface area contributed by atoms with Gasteiger partial charge in [-0.3, -0.25) is 14.4 Å². The number of para-hydroxylation sites is 1. The fourth-order valence-electron chi connectivity index (χ4n) is 4.38. The summed E-state index contributed by atoms with van der Waals surface area (Å²) in [5.41, 5.74) is 1.85. The monoisotopic (exact) mass is 482 g/mol. The summed E-state index contributed by atoms with van der Waals surface area (Å²) in [5.74, 6) is -0.868. The number of rotatable bonds is 5. The number of anilines is 2. The summed E-state index contributed by atoms with van der Waals surface area (Å²) in [6.07, 6.45) is -0.971. The van der Waals surface area contributed by atoms with E-state index in [1.165, 1.54) is 4.90 Å². The number of imide groups is 1. The zero-order chi connectivity index (χ0) is 23.1. The van der Waals surface area contributed by atoms with Crippen LogP contribution in [0.15, 0.2) is 72.8 Å². The number of ether oxygens (including phenoxy) is 1. The number of hydrogen-bond donors (Lipinski definition) is 0. The number of fused-ring (bicyclic) bond motifs is 1. The summed E-state index contributed by atoms with van der Waals surface area (Å²) < 4.78 is 5.47. The molecule has 2 amide bonds. The molecule has 3 atom stereocenters. The zero-order valence-corrected chi connectivity index (χ0v) is 19.2. The van der Waals surface area contributed by atoms with Crippen LogP contribution in [0.1, 0.15) is 18.5 Å². The summed E-state index contributed by atoms with van der Waals surface area (Å²) in [6, 6.07) is 20.7. The zero-order valence-electron chi connectivity index (χ0n) is 17.7. The van der Waals surface area contributed by atoms with Crippen LogP contribution in [0.25, 0.3) is 0 Å². The lowest BCUT2D eigenvalue weighted by atomic mass is 9.90. The van der Waals surface area contributed by atoms with Crippen molar-refractivity contribution in [3.63, 3.8) is 0 Å². The highest BCUT2D eigenvalue weighted by Crippen LogP contribution is 2.49. The predicted molar refractivity (Wildman–Crippen MR) is 127 cm³/mol. The Morgan fingerprint density at radius 1 is 0.909 bits per heavy atom. The summed E-state index contributed by atoms with van der Waals surface area (Å²) >= 11 is 12.7. The van der Waals surface area contributed by atoms with E-state index in [2.05, 4.69) is 0 Å². The SMILES string of the molecule is CCOc1ccc(N2C(=O)[C@@H]3[C@H](ON(c4ccccc4)[C@H]3c3ccc(Cl)cc3Cl)C2=O)cc1. The van der Waals surface area contributed by atoms with Crippen LogP contribution in [0.2, 0.25) is 10.0 Å². The molecule has 0 aliphatic carbocycles. The second-order valence-corrected chi connectivity index (χ2v) is 8.61. The maximum absolute atomic E-state index is 13.6. The van der Waals surface area contributed by atoms with Crippen LogP contribution in [0.3, 0.4) is 0 Å². The first kappa shape index (κ1) is 21.8. The third-order valence-electron chi connectivity index (χ3n) is 5.81. The van der Waals surface area contributed by atoms with Crippen molar-refractivity contribution in [1.82, 2.24) is 0 Å². The molecule has 3 aromatic rings.